The van der Waals surface area contributed by atoms with E-state index in [0.29, 0.717) is 5.58 Å². The Bertz CT molecular complexity index is 541. The van der Waals surface area contributed by atoms with Gasteiger partial charge in [-0.1, -0.05) is 6.07 Å². The molecule has 0 aliphatic carbocycles. The number of hydrogen-bond donors (Lipinski definition) is 2. The summed E-state index contributed by atoms with van der Waals surface area (Å²) in [5.41, 5.74) is 8.06. The summed E-state index contributed by atoms with van der Waals surface area (Å²) in [5, 5.41) is 2.93. The number of rotatable bonds is 2. The highest BCUT2D eigenvalue weighted by atomic mass is 16.4. The highest BCUT2D eigenvalue weighted by Crippen LogP contribution is 2.16. The van der Waals surface area contributed by atoms with E-state index in [1.54, 1.807) is 20.2 Å². The number of nitrogens with one attached hydrogen (secondary N) is 1. The van der Waals surface area contributed by atoms with Crippen LogP contribution in [0.25, 0.3) is 11.1 Å². The fraction of sp³-hybridized carbons (Fsp3) is 0.300. The van der Waals surface area contributed by atoms with Crippen molar-refractivity contribution in [3.05, 3.63) is 34.3 Å². The topological polar surface area (TPSA) is 73.2 Å². The maximum absolute atomic E-state index is 11.2. The highest BCUT2D eigenvalue weighted by molar-refractivity contribution is 5.73. The summed E-state index contributed by atoms with van der Waals surface area (Å²) in [5.74, 6) is -0.361. The van der Waals surface area contributed by atoms with E-state index in [2.05, 4.69) is 5.32 Å². The van der Waals surface area contributed by atoms with Gasteiger partial charge in [-0.25, -0.2) is 4.79 Å². The second-order valence-electron chi connectivity index (χ2n) is 3.42. The Kier molecular flexibility index (Phi) is 2.34. The molecule has 0 aliphatic rings. The van der Waals surface area contributed by atoms with Crippen LogP contribution in [-0.2, 0) is 7.05 Å². The Morgan fingerprint density at radius 1 is 1.53 bits per heavy atom. The zero-order chi connectivity index (χ0) is 11.0. The fourth-order valence-electron chi connectivity index (χ4n) is 1.50. The van der Waals surface area contributed by atoms with Gasteiger partial charge in [-0.15, -0.1) is 0 Å². The van der Waals surface area contributed by atoms with Crippen LogP contribution in [0.2, 0.25) is 0 Å². The number of benzene rings is 1. The van der Waals surface area contributed by atoms with Gasteiger partial charge in [0.15, 0.2) is 5.58 Å². The SMILES string of the molecule is CNC(N)c1ccc2oc(=O)n(C)c2c1. The molecule has 0 fully saturated rings. The van der Waals surface area contributed by atoms with Crippen molar-refractivity contribution in [2.45, 2.75) is 6.17 Å². The van der Waals surface area contributed by atoms with Crippen molar-refractivity contribution in [1.29, 1.82) is 0 Å². The molecule has 3 N–H and O–H groups in total. The minimum Gasteiger partial charge on any atom is -0.408 e. The predicted molar refractivity (Wildman–Crippen MR) is 57.4 cm³/mol. The molecule has 5 nitrogen and oxygen atoms in total. The third-order valence-corrected chi connectivity index (χ3v) is 2.49. The molecule has 1 aromatic carbocycles. The van der Waals surface area contributed by atoms with Gasteiger partial charge >= 0.3 is 5.76 Å². The van der Waals surface area contributed by atoms with Gasteiger partial charge < -0.3 is 15.5 Å². The number of fused-ring (bicyclic) bond motifs is 1. The predicted octanol–water partition coefficient (Wildman–Crippen LogP) is 0.308. The molecule has 1 atom stereocenters. The van der Waals surface area contributed by atoms with Gasteiger partial charge in [-0.2, -0.15) is 0 Å². The van der Waals surface area contributed by atoms with Crippen molar-refractivity contribution in [2.75, 3.05) is 7.05 Å². The van der Waals surface area contributed by atoms with Crippen molar-refractivity contribution >= 4 is 11.1 Å². The van der Waals surface area contributed by atoms with Crippen molar-refractivity contribution in [3.63, 3.8) is 0 Å². The first-order chi connectivity index (χ1) is 7.13. The minimum absolute atomic E-state index is 0.237. The van der Waals surface area contributed by atoms with Crippen LogP contribution in [0.3, 0.4) is 0 Å². The maximum atomic E-state index is 11.2. The molecule has 0 saturated heterocycles. The van der Waals surface area contributed by atoms with Crippen LogP contribution >= 0.6 is 0 Å². The van der Waals surface area contributed by atoms with Gasteiger partial charge in [0.05, 0.1) is 11.7 Å². The van der Waals surface area contributed by atoms with Crippen LogP contribution < -0.4 is 16.8 Å². The zero-order valence-electron chi connectivity index (χ0n) is 8.65. The molecule has 1 unspecified atom stereocenters. The molecule has 80 valence electrons. The van der Waals surface area contributed by atoms with Gasteiger partial charge in [0.2, 0.25) is 0 Å². The Hall–Kier alpha value is -1.59. The first kappa shape index (κ1) is 9.95. The summed E-state index contributed by atoms with van der Waals surface area (Å²) in [6, 6.07) is 5.44. The lowest BCUT2D eigenvalue weighted by atomic mass is 10.1. The Morgan fingerprint density at radius 3 is 2.93 bits per heavy atom. The van der Waals surface area contributed by atoms with Crippen molar-refractivity contribution in [1.82, 2.24) is 9.88 Å². The van der Waals surface area contributed by atoms with Crippen LogP contribution in [0.5, 0.6) is 0 Å². The van der Waals surface area contributed by atoms with E-state index < -0.39 is 0 Å². The average molecular weight is 207 g/mol. The van der Waals surface area contributed by atoms with Crippen LogP contribution in [0.1, 0.15) is 11.7 Å². The lowest BCUT2D eigenvalue weighted by Crippen LogP contribution is -2.24. The molecule has 2 aromatic rings. The molecular weight excluding hydrogens is 194 g/mol. The van der Waals surface area contributed by atoms with Crippen molar-refractivity contribution in [3.8, 4) is 0 Å². The first-order valence-electron chi connectivity index (χ1n) is 4.66. The van der Waals surface area contributed by atoms with E-state index >= 15 is 0 Å². The summed E-state index contributed by atoms with van der Waals surface area (Å²) >= 11 is 0. The molecule has 0 radical (unpaired) electrons. The molecule has 0 bridgehead atoms. The molecular formula is C10H13N3O2. The number of aryl methyl sites for hydroxylation is 1. The standard InChI is InChI=1S/C10H13N3O2/c1-12-9(11)6-3-4-8-7(5-6)13(2)10(14)15-8/h3-5,9,12H,11H2,1-2H3. The van der Waals surface area contributed by atoms with Gasteiger partial charge in [-0.05, 0) is 24.7 Å². The average Bonchev–Trinajstić information content (AvgIpc) is 2.54. The fourth-order valence-corrected chi connectivity index (χ4v) is 1.50. The summed E-state index contributed by atoms with van der Waals surface area (Å²) in [6.45, 7) is 0. The van der Waals surface area contributed by atoms with E-state index in [0.717, 1.165) is 11.1 Å². The minimum atomic E-state index is -0.361. The second-order valence-corrected chi connectivity index (χ2v) is 3.42. The molecule has 0 amide bonds. The third kappa shape index (κ3) is 1.55. The lowest BCUT2D eigenvalue weighted by molar-refractivity contribution is 0.528. The Labute approximate surface area is 86.5 Å². The van der Waals surface area contributed by atoms with Crippen molar-refractivity contribution < 1.29 is 4.42 Å². The molecule has 0 saturated carbocycles. The number of nitrogens with two attached hydrogens (primary N) is 1. The van der Waals surface area contributed by atoms with Crippen LogP contribution in [0.15, 0.2) is 27.4 Å². The summed E-state index contributed by atoms with van der Waals surface area (Å²) in [6.07, 6.45) is -0.237. The Morgan fingerprint density at radius 2 is 2.27 bits per heavy atom. The monoisotopic (exact) mass is 207 g/mol. The van der Waals surface area contributed by atoms with Crippen molar-refractivity contribution in [2.24, 2.45) is 12.8 Å². The van der Waals surface area contributed by atoms with Crippen LogP contribution in [-0.4, -0.2) is 11.6 Å². The summed E-state index contributed by atoms with van der Waals surface area (Å²) in [4.78, 5) is 11.2. The molecule has 1 aromatic heterocycles. The smallest absolute Gasteiger partial charge is 0.408 e. The quantitative estimate of drug-likeness (QED) is 0.695. The molecule has 1 heterocycles. The first-order valence-corrected chi connectivity index (χ1v) is 4.66. The van der Waals surface area contributed by atoms with Crippen LogP contribution in [0.4, 0.5) is 0 Å². The van der Waals surface area contributed by atoms with Gasteiger partial charge in [-0.3, -0.25) is 4.57 Å². The second kappa shape index (κ2) is 3.52. The van der Waals surface area contributed by atoms with Gasteiger partial charge in [0.25, 0.3) is 0 Å². The van der Waals surface area contributed by atoms with E-state index in [1.807, 2.05) is 12.1 Å². The molecule has 15 heavy (non-hydrogen) atoms. The summed E-state index contributed by atoms with van der Waals surface area (Å²) < 4.78 is 6.47. The van der Waals surface area contributed by atoms with E-state index in [4.69, 9.17) is 10.2 Å². The number of oxazole rings is 1. The molecule has 2 rings (SSSR count). The van der Waals surface area contributed by atoms with Gasteiger partial charge in [0, 0.05) is 7.05 Å². The van der Waals surface area contributed by atoms with E-state index in [1.165, 1.54) is 4.57 Å². The number of aromatic nitrogens is 1. The lowest BCUT2D eigenvalue weighted by Gasteiger charge is -2.09. The molecule has 0 aliphatic heterocycles. The normalized spacial score (nSPS) is 13.3. The number of nitrogens with zero attached hydrogens (tertiary/aromatic N) is 1. The highest BCUT2D eigenvalue weighted by Gasteiger charge is 2.09. The summed E-state index contributed by atoms with van der Waals surface area (Å²) in [7, 11) is 3.45. The van der Waals surface area contributed by atoms with E-state index in [-0.39, 0.29) is 11.9 Å². The molecule has 5 heteroatoms. The zero-order valence-corrected chi connectivity index (χ0v) is 8.65. The largest absolute Gasteiger partial charge is 0.419 e. The van der Waals surface area contributed by atoms with Crippen LogP contribution in [0, 0.1) is 0 Å². The van der Waals surface area contributed by atoms with Gasteiger partial charge in [0.1, 0.15) is 0 Å². The number of hydrogen-bond acceptors (Lipinski definition) is 4. The van der Waals surface area contributed by atoms with E-state index in [9.17, 15) is 4.79 Å². The molecule has 0 spiro atoms. The Balaban J connectivity index is 2.64. The maximum Gasteiger partial charge on any atom is 0.419 e. The third-order valence-electron chi connectivity index (χ3n) is 2.49.